The largest absolute Gasteiger partial charge is 0.284 e. The molecule has 80 valence electrons. The lowest BCUT2D eigenvalue weighted by atomic mass is 10.4. The van der Waals surface area contributed by atoms with Crippen LogP contribution < -0.4 is 0 Å². The van der Waals surface area contributed by atoms with Crippen LogP contribution in [0, 0.1) is 13.8 Å². The number of hydrogen-bond donors (Lipinski definition) is 0. The summed E-state index contributed by atoms with van der Waals surface area (Å²) in [6, 6.07) is 2.00. The molecule has 3 rings (SSSR count). The number of hydrogen-bond acceptors (Lipinski definition) is 4. The van der Waals surface area contributed by atoms with Gasteiger partial charge in [-0.1, -0.05) is 0 Å². The van der Waals surface area contributed by atoms with Crippen molar-refractivity contribution >= 4 is 5.65 Å². The van der Waals surface area contributed by atoms with Gasteiger partial charge in [-0.2, -0.15) is 5.10 Å². The van der Waals surface area contributed by atoms with Crippen molar-refractivity contribution in [2.75, 3.05) is 0 Å². The zero-order chi connectivity index (χ0) is 11.1. The van der Waals surface area contributed by atoms with Gasteiger partial charge in [0.25, 0.3) is 0 Å². The Morgan fingerprint density at radius 2 is 2.12 bits per heavy atom. The van der Waals surface area contributed by atoms with Gasteiger partial charge in [-0.15, -0.1) is 10.2 Å². The molecule has 16 heavy (non-hydrogen) atoms. The highest BCUT2D eigenvalue weighted by atomic mass is 15.3. The van der Waals surface area contributed by atoms with Gasteiger partial charge < -0.3 is 0 Å². The summed E-state index contributed by atoms with van der Waals surface area (Å²) in [6.07, 6.45) is 5.17. The molecule has 3 aromatic heterocycles. The maximum absolute atomic E-state index is 4.38. The topological polar surface area (TPSA) is 60.9 Å². The fraction of sp³-hybridized carbons (Fsp3) is 0.200. The van der Waals surface area contributed by atoms with E-state index in [4.69, 9.17) is 0 Å². The zero-order valence-electron chi connectivity index (χ0n) is 8.99. The summed E-state index contributed by atoms with van der Waals surface area (Å²) in [6.45, 7) is 3.94. The maximum Gasteiger partial charge on any atom is 0.205 e. The van der Waals surface area contributed by atoms with Gasteiger partial charge in [0.15, 0.2) is 5.82 Å². The second kappa shape index (κ2) is 3.13. The van der Waals surface area contributed by atoms with Crippen LogP contribution >= 0.6 is 0 Å². The summed E-state index contributed by atoms with van der Waals surface area (Å²) in [5.74, 6) is 0.700. The van der Waals surface area contributed by atoms with E-state index in [1.165, 1.54) is 0 Å². The lowest BCUT2D eigenvalue weighted by Crippen LogP contribution is -2.04. The van der Waals surface area contributed by atoms with E-state index in [9.17, 15) is 0 Å². The van der Waals surface area contributed by atoms with E-state index in [2.05, 4.69) is 20.3 Å². The summed E-state index contributed by atoms with van der Waals surface area (Å²) < 4.78 is 3.60. The van der Waals surface area contributed by atoms with Crippen molar-refractivity contribution in [3.63, 3.8) is 0 Å². The Labute approximate surface area is 91.6 Å². The molecule has 0 atom stereocenters. The molecule has 0 aliphatic heterocycles. The Hall–Kier alpha value is -2.24. The van der Waals surface area contributed by atoms with Crippen LogP contribution in [-0.4, -0.2) is 29.4 Å². The quantitative estimate of drug-likeness (QED) is 0.604. The highest BCUT2D eigenvalue weighted by molar-refractivity contribution is 5.53. The zero-order valence-corrected chi connectivity index (χ0v) is 8.99. The Kier molecular flexibility index (Phi) is 1.76. The Bertz CT molecular complexity index is 650. The molecule has 6 nitrogen and oxygen atoms in total. The van der Waals surface area contributed by atoms with Gasteiger partial charge in [-0.25, -0.2) is 9.67 Å². The van der Waals surface area contributed by atoms with Crippen LogP contribution in [0.2, 0.25) is 0 Å². The number of nitrogens with zero attached hydrogens (tertiary/aromatic N) is 6. The minimum atomic E-state index is 0.700. The van der Waals surface area contributed by atoms with E-state index in [0.29, 0.717) is 11.5 Å². The first-order chi connectivity index (χ1) is 7.75. The van der Waals surface area contributed by atoms with Crippen LogP contribution in [0.25, 0.3) is 11.5 Å². The maximum atomic E-state index is 4.38. The summed E-state index contributed by atoms with van der Waals surface area (Å²) >= 11 is 0. The van der Waals surface area contributed by atoms with Crippen LogP contribution in [0.15, 0.2) is 24.8 Å². The minimum Gasteiger partial charge on any atom is -0.284 e. The second-order valence-electron chi connectivity index (χ2n) is 3.65. The fourth-order valence-electron chi connectivity index (χ4n) is 1.74. The predicted octanol–water partition coefficient (Wildman–Crippen LogP) is 0.927. The highest BCUT2D eigenvalue weighted by Crippen LogP contribution is 2.12. The van der Waals surface area contributed by atoms with E-state index in [-0.39, 0.29) is 0 Å². The highest BCUT2D eigenvalue weighted by Gasteiger charge is 2.10. The SMILES string of the molecule is Cc1cc(C)n(-c2nccn3cnnc23)n1. The van der Waals surface area contributed by atoms with E-state index < -0.39 is 0 Å². The molecule has 0 saturated heterocycles. The third-order valence-corrected chi connectivity index (χ3v) is 2.41. The molecule has 0 aliphatic carbocycles. The average molecular weight is 214 g/mol. The van der Waals surface area contributed by atoms with Crippen molar-refractivity contribution in [3.8, 4) is 5.82 Å². The van der Waals surface area contributed by atoms with E-state index in [1.807, 2.05) is 30.5 Å². The number of aromatic nitrogens is 6. The Morgan fingerprint density at radius 3 is 2.88 bits per heavy atom. The van der Waals surface area contributed by atoms with Crippen molar-refractivity contribution in [2.24, 2.45) is 0 Å². The van der Waals surface area contributed by atoms with E-state index >= 15 is 0 Å². The van der Waals surface area contributed by atoms with Crippen molar-refractivity contribution in [2.45, 2.75) is 13.8 Å². The molecule has 0 fully saturated rings. The van der Waals surface area contributed by atoms with Crippen molar-refractivity contribution in [1.29, 1.82) is 0 Å². The van der Waals surface area contributed by atoms with Crippen molar-refractivity contribution in [3.05, 3.63) is 36.2 Å². The summed E-state index contributed by atoms with van der Waals surface area (Å²) in [5.41, 5.74) is 2.69. The molecular weight excluding hydrogens is 204 g/mol. The van der Waals surface area contributed by atoms with Crippen molar-refractivity contribution in [1.82, 2.24) is 29.4 Å². The predicted molar refractivity (Wildman–Crippen MR) is 57.4 cm³/mol. The van der Waals surface area contributed by atoms with Crippen LogP contribution in [0.4, 0.5) is 0 Å². The Morgan fingerprint density at radius 1 is 1.25 bits per heavy atom. The van der Waals surface area contributed by atoms with Gasteiger partial charge in [0.2, 0.25) is 5.65 Å². The molecule has 0 saturated carbocycles. The van der Waals surface area contributed by atoms with E-state index in [0.717, 1.165) is 11.4 Å². The van der Waals surface area contributed by atoms with Crippen LogP contribution in [0.5, 0.6) is 0 Å². The van der Waals surface area contributed by atoms with Crippen LogP contribution in [0.3, 0.4) is 0 Å². The number of rotatable bonds is 1. The summed E-state index contributed by atoms with van der Waals surface area (Å²) in [7, 11) is 0. The molecule has 0 aliphatic rings. The average Bonchev–Trinajstić information content (AvgIpc) is 2.84. The molecule has 0 unspecified atom stereocenters. The first-order valence-electron chi connectivity index (χ1n) is 4.94. The smallest absolute Gasteiger partial charge is 0.205 e. The first kappa shape index (κ1) is 9.02. The standard InChI is InChI=1S/C10H10N6/c1-7-5-8(2)16(14-7)9-10-13-12-6-15(10)4-3-11-9/h3-6H,1-2H3. The summed E-state index contributed by atoms with van der Waals surface area (Å²) in [5, 5.41) is 12.3. The molecule has 3 heterocycles. The summed E-state index contributed by atoms with van der Waals surface area (Å²) in [4.78, 5) is 4.30. The second-order valence-corrected chi connectivity index (χ2v) is 3.65. The van der Waals surface area contributed by atoms with Gasteiger partial charge in [-0.3, -0.25) is 4.40 Å². The van der Waals surface area contributed by atoms with Gasteiger partial charge in [-0.05, 0) is 19.9 Å². The number of fused-ring (bicyclic) bond motifs is 1. The molecule has 6 heteroatoms. The molecule has 3 aromatic rings. The third-order valence-electron chi connectivity index (χ3n) is 2.41. The van der Waals surface area contributed by atoms with Crippen LogP contribution in [0.1, 0.15) is 11.4 Å². The fourth-order valence-corrected chi connectivity index (χ4v) is 1.74. The number of aryl methyl sites for hydroxylation is 2. The molecule has 0 radical (unpaired) electrons. The van der Waals surface area contributed by atoms with Gasteiger partial charge >= 0.3 is 0 Å². The normalized spacial score (nSPS) is 11.1. The molecule has 0 spiro atoms. The minimum absolute atomic E-state index is 0.700. The monoisotopic (exact) mass is 214 g/mol. The Balaban J connectivity index is 2.33. The molecule has 0 aromatic carbocycles. The lowest BCUT2D eigenvalue weighted by molar-refractivity contribution is 0.802. The molecule has 0 amide bonds. The van der Waals surface area contributed by atoms with Crippen molar-refractivity contribution < 1.29 is 0 Å². The lowest BCUT2D eigenvalue weighted by Gasteiger charge is -2.03. The first-order valence-corrected chi connectivity index (χ1v) is 4.94. The molecule has 0 bridgehead atoms. The molecular formula is C10H10N6. The van der Waals surface area contributed by atoms with Gasteiger partial charge in [0, 0.05) is 18.1 Å². The van der Waals surface area contributed by atoms with E-state index in [1.54, 1.807) is 17.2 Å². The van der Waals surface area contributed by atoms with Gasteiger partial charge in [0.1, 0.15) is 6.33 Å². The van der Waals surface area contributed by atoms with Crippen LogP contribution in [-0.2, 0) is 0 Å². The third kappa shape index (κ3) is 1.19. The van der Waals surface area contributed by atoms with Gasteiger partial charge in [0.05, 0.1) is 5.69 Å². The molecule has 0 N–H and O–H groups in total.